The Morgan fingerprint density at radius 1 is 0.882 bits per heavy atom. The van der Waals surface area contributed by atoms with E-state index in [1.807, 2.05) is 13.0 Å². The summed E-state index contributed by atoms with van der Waals surface area (Å²) in [5, 5.41) is 2.31. The van der Waals surface area contributed by atoms with E-state index in [2.05, 4.69) is 63.7 Å². The normalized spacial score (nSPS) is 11.2. The minimum Gasteiger partial charge on any atom is -0.251 e. The van der Waals surface area contributed by atoms with E-state index in [9.17, 15) is 0 Å². The highest BCUT2D eigenvalue weighted by Crippen LogP contribution is 2.24. The number of nitrogens with zero attached hydrogens (tertiary/aromatic N) is 2. The molecule has 3 rings (SSSR count). The molecule has 0 aliphatic carbocycles. The maximum atomic E-state index is 4.68. The number of benzene rings is 1. The summed E-state index contributed by atoms with van der Waals surface area (Å²) in [7, 11) is 0. The van der Waals surface area contributed by atoms with Crippen LogP contribution in [0.25, 0.3) is 21.8 Å². The van der Waals surface area contributed by atoms with Gasteiger partial charge in [0, 0.05) is 16.5 Å². The molecule has 0 atom stereocenters. The highest BCUT2D eigenvalue weighted by atomic mass is 127. The monoisotopic (exact) mass is 334 g/mol. The molecule has 0 saturated carbocycles. The topological polar surface area (TPSA) is 25.8 Å². The van der Waals surface area contributed by atoms with Crippen molar-refractivity contribution in [1.29, 1.82) is 0 Å². The van der Waals surface area contributed by atoms with Crippen LogP contribution >= 0.6 is 22.6 Å². The number of pyridine rings is 2. The molecule has 0 amide bonds. The molecule has 0 spiro atoms. The maximum Gasteiger partial charge on any atom is 0.102 e. The molecule has 3 heteroatoms. The van der Waals surface area contributed by atoms with Crippen LogP contribution in [0.3, 0.4) is 0 Å². The average molecular weight is 334 g/mol. The Labute approximate surface area is 113 Å². The summed E-state index contributed by atoms with van der Waals surface area (Å²) in [6.07, 6.45) is 0. The maximum absolute atomic E-state index is 4.68. The highest BCUT2D eigenvalue weighted by Gasteiger charge is 2.05. The van der Waals surface area contributed by atoms with Crippen LogP contribution < -0.4 is 0 Å². The van der Waals surface area contributed by atoms with Gasteiger partial charge in [0.2, 0.25) is 0 Å². The first-order chi connectivity index (χ1) is 8.15. The van der Waals surface area contributed by atoms with Crippen molar-refractivity contribution in [3.8, 4) is 0 Å². The van der Waals surface area contributed by atoms with E-state index in [4.69, 9.17) is 0 Å². The number of hydrogen-bond donors (Lipinski definition) is 0. The lowest BCUT2D eigenvalue weighted by molar-refractivity contribution is 1.19. The van der Waals surface area contributed by atoms with Gasteiger partial charge in [-0.3, -0.25) is 4.98 Å². The molecule has 2 aromatic heterocycles. The van der Waals surface area contributed by atoms with Gasteiger partial charge in [-0.25, -0.2) is 4.98 Å². The lowest BCUT2D eigenvalue weighted by atomic mass is 10.1. The van der Waals surface area contributed by atoms with Gasteiger partial charge in [0.25, 0.3) is 0 Å². The van der Waals surface area contributed by atoms with Crippen LogP contribution in [0.2, 0.25) is 0 Å². The van der Waals surface area contributed by atoms with Crippen molar-refractivity contribution in [3.05, 3.63) is 45.3 Å². The van der Waals surface area contributed by atoms with Gasteiger partial charge >= 0.3 is 0 Å². The minimum atomic E-state index is 0.998. The molecule has 0 unspecified atom stereocenters. The Morgan fingerprint density at radius 3 is 2.35 bits per heavy atom. The van der Waals surface area contributed by atoms with Gasteiger partial charge in [-0.05, 0) is 54.1 Å². The van der Waals surface area contributed by atoms with Gasteiger partial charge < -0.3 is 0 Å². The minimum absolute atomic E-state index is 0.998. The van der Waals surface area contributed by atoms with Gasteiger partial charge in [-0.1, -0.05) is 18.2 Å². The molecule has 0 fully saturated rings. The number of fused-ring (bicyclic) bond motifs is 3. The Hall–Kier alpha value is -1.23. The first-order valence-electron chi connectivity index (χ1n) is 5.48. The van der Waals surface area contributed by atoms with E-state index in [0.29, 0.717) is 0 Å². The zero-order chi connectivity index (χ0) is 12.0. The first-order valence-corrected chi connectivity index (χ1v) is 6.56. The Morgan fingerprint density at radius 2 is 1.53 bits per heavy atom. The van der Waals surface area contributed by atoms with Crippen LogP contribution in [0, 0.1) is 17.5 Å². The fourth-order valence-corrected chi connectivity index (χ4v) is 2.41. The lowest BCUT2D eigenvalue weighted by Gasteiger charge is -2.06. The summed E-state index contributed by atoms with van der Waals surface area (Å²) in [5.41, 5.74) is 4.30. The Balaban J connectivity index is 2.53. The van der Waals surface area contributed by atoms with E-state index in [1.165, 1.54) is 5.56 Å². The molecule has 0 aliphatic heterocycles. The second-order valence-electron chi connectivity index (χ2n) is 4.23. The molecule has 0 bridgehead atoms. The molecule has 2 heterocycles. The molecule has 0 N–H and O–H groups in total. The zero-order valence-electron chi connectivity index (χ0n) is 9.66. The van der Waals surface area contributed by atoms with Gasteiger partial charge in [0.05, 0.1) is 11.0 Å². The van der Waals surface area contributed by atoms with Crippen molar-refractivity contribution in [2.45, 2.75) is 13.8 Å². The molecule has 0 radical (unpaired) electrons. The Bertz CT molecular complexity index is 735. The number of aromatic nitrogens is 2. The SMILES string of the molecule is Cc1cc2ccc3ccc(I)nc3c2nc1C. The fraction of sp³-hybridized carbons (Fsp3) is 0.143. The largest absolute Gasteiger partial charge is 0.251 e. The molecule has 2 nitrogen and oxygen atoms in total. The summed E-state index contributed by atoms with van der Waals surface area (Å²) in [6.45, 7) is 4.13. The predicted octanol–water partition coefficient (Wildman–Crippen LogP) is 4.00. The highest BCUT2D eigenvalue weighted by molar-refractivity contribution is 14.1. The van der Waals surface area contributed by atoms with E-state index < -0.39 is 0 Å². The second-order valence-corrected chi connectivity index (χ2v) is 5.34. The predicted molar refractivity (Wildman–Crippen MR) is 79.2 cm³/mol. The summed E-state index contributed by atoms with van der Waals surface area (Å²) >= 11 is 2.24. The van der Waals surface area contributed by atoms with Crippen molar-refractivity contribution >= 4 is 44.4 Å². The number of hydrogen-bond acceptors (Lipinski definition) is 2. The van der Waals surface area contributed by atoms with Crippen molar-refractivity contribution in [2.24, 2.45) is 0 Å². The molecular formula is C14H11IN2. The zero-order valence-corrected chi connectivity index (χ0v) is 11.8. The third-order valence-corrected chi connectivity index (χ3v) is 3.66. The molecule has 0 aliphatic rings. The molecule has 3 aromatic rings. The van der Waals surface area contributed by atoms with Crippen molar-refractivity contribution in [3.63, 3.8) is 0 Å². The molecule has 84 valence electrons. The third-order valence-electron chi connectivity index (χ3n) is 3.05. The van der Waals surface area contributed by atoms with Gasteiger partial charge in [0.1, 0.15) is 3.70 Å². The number of rotatable bonds is 0. The molecular weight excluding hydrogens is 323 g/mol. The smallest absolute Gasteiger partial charge is 0.102 e. The van der Waals surface area contributed by atoms with E-state index in [1.54, 1.807) is 0 Å². The van der Waals surface area contributed by atoms with Crippen LogP contribution in [0.5, 0.6) is 0 Å². The quantitative estimate of drug-likeness (QED) is 0.353. The summed E-state index contributed by atoms with van der Waals surface area (Å²) in [6, 6.07) is 10.5. The van der Waals surface area contributed by atoms with E-state index in [0.717, 1.165) is 31.2 Å². The number of halogens is 1. The van der Waals surface area contributed by atoms with Crippen LogP contribution in [-0.4, -0.2) is 9.97 Å². The van der Waals surface area contributed by atoms with E-state index in [-0.39, 0.29) is 0 Å². The summed E-state index contributed by atoms with van der Waals surface area (Å²) in [4.78, 5) is 9.28. The lowest BCUT2D eigenvalue weighted by Crippen LogP contribution is -1.91. The van der Waals surface area contributed by atoms with E-state index >= 15 is 0 Å². The van der Waals surface area contributed by atoms with Gasteiger partial charge in [-0.2, -0.15) is 0 Å². The van der Waals surface area contributed by atoms with Crippen LogP contribution in [0.4, 0.5) is 0 Å². The fourth-order valence-electron chi connectivity index (χ4n) is 1.99. The van der Waals surface area contributed by atoms with Gasteiger partial charge in [0.15, 0.2) is 0 Å². The van der Waals surface area contributed by atoms with Crippen molar-refractivity contribution < 1.29 is 0 Å². The second kappa shape index (κ2) is 3.91. The average Bonchev–Trinajstić information content (AvgIpc) is 2.31. The molecule has 17 heavy (non-hydrogen) atoms. The first kappa shape index (κ1) is 10.9. The standard InChI is InChI=1S/C14H11IN2/c1-8-7-11-4-3-10-5-6-12(15)17-13(10)14(11)16-9(8)2/h3-7H,1-2H3. The Kier molecular flexibility index (Phi) is 2.50. The van der Waals surface area contributed by atoms with Crippen molar-refractivity contribution in [2.75, 3.05) is 0 Å². The number of aryl methyl sites for hydroxylation is 2. The van der Waals surface area contributed by atoms with Crippen molar-refractivity contribution in [1.82, 2.24) is 9.97 Å². The summed E-state index contributed by atoms with van der Waals surface area (Å²) in [5.74, 6) is 0. The van der Waals surface area contributed by atoms with Crippen LogP contribution in [0.15, 0.2) is 30.3 Å². The van der Waals surface area contributed by atoms with Crippen LogP contribution in [-0.2, 0) is 0 Å². The van der Waals surface area contributed by atoms with Gasteiger partial charge in [-0.15, -0.1) is 0 Å². The van der Waals surface area contributed by atoms with Crippen LogP contribution in [0.1, 0.15) is 11.3 Å². The molecule has 0 saturated heterocycles. The summed E-state index contributed by atoms with van der Waals surface area (Å²) < 4.78 is 1.00. The third kappa shape index (κ3) is 1.78. The molecule has 1 aromatic carbocycles.